The molecule has 0 aliphatic rings. The van der Waals surface area contributed by atoms with Crippen molar-refractivity contribution in [3.63, 3.8) is 0 Å². The molecule has 0 fully saturated rings. The predicted octanol–water partition coefficient (Wildman–Crippen LogP) is 4.07. The number of amides is 1. The molecule has 0 saturated heterocycles. The van der Waals surface area contributed by atoms with Crippen LogP contribution >= 0.6 is 0 Å². The lowest BCUT2D eigenvalue weighted by Gasteiger charge is -2.14. The molecule has 1 aromatic heterocycles. The van der Waals surface area contributed by atoms with Gasteiger partial charge < -0.3 is 14.8 Å². The molecule has 0 radical (unpaired) electrons. The number of benzene rings is 2. The molecule has 3 aromatic rings. The van der Waals surface area contributed by atoms with Crippen LogP contribution < -0.4 is 14.8 Å². The third kappa shape index (κ3) is 4.64. The molecule has 1 atom stereocenters. The van der Waals surface area contributed by atoms with Crippen molar-refractivity contribution < 1.29 is 23.3 Å². The second-order valence-corrected chi connectivity index (χ2v) is 6.33. The summed E-state index contributed by atoms with van der Waals surface area (Å²) in [4.78, 5) is 12.4. The summed E-state index contributed by atoms with van der Waals surface area (Å²) in [6.45, 7) is 5.38. The molecule has 2 aromatic carbocycles. The molecule has 28 heavy (non-hydrogen) atoms. The Hall–Kier alpha value is -3.42. The van der Waals surface area contributed by atoms with Gasteiger partial charge in [-0.25, -0.2) is 9.02 Å². The molecular weight excluding hydrogens is 365 g/mol. The first-order valence-corrected chi connectivity index (χ1v) is 8.75. The van der Waals surface area contributed by atoms with Gasteiger partial charge in [-0.3, -0.25) is 4.79 Å². The van der Waals surface area contributed by atoms with Gasteiger partial charge in [0.15, 0.2) is 23.4 Å². The smallest absolute Gasteiger partial charge is 0.266 e. The Labute approximate surface area is 161 Å². The highest BCUT2D eigenvalue weighted by Crippen LogP contribution is 2.27. The highest BCUT2D eigenvalue weighted by Gasteiger charge is 2.21. The van der Waals surface area contributed by atoms with Crippen LogP contribution in [0.3, 0.4) is 0 Å². The third-order valence-corrected chi connectivity index (χ3v) is 3.74. The fraction of sp³-hybridized carbons (Fsp3) is 0.250. The van der Waals surface area contributed by atoms with Crippen LogP contribution in [0.1, 0.15) is 20.8 Å². The Bertz CT molecular complexity index is 941. The predicted molar refractivity (Wildman–Crippen MR) is 101 cm³/mol. The first-order chi connectivity index (χ1) is 13.4. The van der Waals surface area contributed by atoms with Gasteiger partial charge in [0.2, 0.25) is 5.82 Å². The summed E-state index contributed by atoms with van der Waals surface area (Å²) < 4.78 is 29.4. The van der Waals surface area contributed by atoms with Gasteiger partial charge in [-0.2, -0.15) is 0 Å². The number of aromatic nitrogens is 2. The van der Waals surface area contributed by atoms with Crippen molar-refractivity contribution in [1.29, 1.82) is 0 Å². The standard InChI is InChI=1S/C20H20FN3O4/c1-12(2)26-15-10-8-14(9-11-15)18-19(24-28-23-18)22-20(25)13(3)27-17-7-5-4-6-16(17)21/h4-13H,1-3H3,(H,22,24,25)/t13-/m1/s1. The first kappa shape index (κ1) is 19.3. The third-order valence-electron chi connectivity index (χ3n) is 3.74. The van der Waals surface area contributed by atoms with Crippen molar-refractivity contribution in [3.05, 3.63) is 54.3 Å². The molecule has 3 rings (SSSR count). The lowest BCUT2D eigenvalue weighted by Crippen LogP contribution is -2.30. The number of carbonyl (C=O) groups is 1. The largest absolute Gasteiger partial charge is 0.491 e. The number of carbonyl (C=O) groups excluding carboxylic acids is 1. The Morgan fingerprint density at radius 2 is 1.75 bits per heavy atom. The molecule has 0 spiro atoms. The van der Waals surface area contributed by atoms with E-state index in [4.69, 9.17) is 14.1 Å². The van der Waals surface area contributed by atoms with Crippen LogP contribution in [0.5, 0.6) is 11.5 Å². The molecule has 1 amide bonds. The maximum absolute atomic E-state index is 13.7. The quantitative estimate of drug-likeness (QED) is 0.660. The van der Waals surface area contributed by atoms with Crippen LogP contribution in [0.15, 0.2) is 53.2 Å². The highest BCUT2D eigenvalue weighted by molar-refractivity contribution is 5.95. The average Bonchev–Trinajstić information content (AvgIpc) is 3.11. The van der Waals surface area contributed by atoms with Crippen molar-refractivity contribution in [1.82, 2.24) is 10.3 Å². The minimum absolute atomic E-state index is 0.00982. The topological polar surface area (TPSA) is 86.5 Å². The number of rotatable bonds is 7. The van der Waals surface area contributed by atoms with Crippen molar-refractivity contribution in [3.8, 4) is 22.8 Å². The Morgan fingerprint density at radius 1 is 1.04 bits per heavy atom. The van der Waals surface area contributed by atoms with E-state index in [1.807, 2.05) is 13.8 Å². The second kappa shape index (κ2) is 8.51. The minimum atomic E-state index is -0.955. The van der Waals surface area contributed by atoms with E-state index in [-0.39, 0.29) is 17.7 Å². The maximum atomic E-state index is 13.7. The summed E-state index contributed by atoms with van der Waals surface area (Å²) in [6.07, 6.45) is -0.895. The lowest BCUT2D eigenvalue weighted by atomic mass is 10.1. The van der Waals surface area contributed by atoms with Gasteiger partial charge in [0.05, 0.1) is 6.10 Å². The van der Waals surface area contributed by atoms with Gasteiger partial charge in [0, 0.05) is 5.56 Å². The first-order valence-electron chi connectivity index (χ1n) is 8.75. The fourth-order valence-corrected chi connectivity index (χ4v) is 2.43. The maximum Gasteiger partial charge on any atom is 0.266 e. The van der Waals surface area contributed by atoms with E-state index in [0.717, 1.165) is 0 Å². The molecule has 7 nitrogen and oxygen atoms in total. The number of nitrogens with one attached hydrogen (secondary N) is 1. The van der Waals surface area contributed by atoms with Gasteiger partial charge in [0.25, 0.3) is 5.91 Å². The van der Waals surface area contributed by atoms with E-state index in [2.05, 4.69) is 15.6 Å². The van der Waals surface area contributed by atoms with Gasteiger partial charge in [0.1, 0.15) is 5.75 Å². The van der Waals surface area contributed by atoms with Gasteiger partial charge in [-0.15, -0.1) is 0 Å². The average molecular weight is 385 g/mol. The van der Waals surface area contributed by atoms with Crippen LogP contribution in [-0.2, 0) is 4.79 Å². The molecular formula is C20H20FN3O4. The van der Waals surface area contributed by atoms with Crippen molar-refractivity contribution >= 4 is 11.7 Å². The van der Waals surface area contributed by atoms with Crippen molar-refractivity contribution in [2.24, 2.45) is 0 Å². The molecule has 1 heterocycles. The lowest BCUT2D eigenvalue weighted by molar-refractivity contribution is -0.122. The molecule has 0 bridgehead atoms. The number of hydrogen-bond acceptors (Lipinski definition) is 6. The van der Waals surface area contributed by atoms with Gasteiger partial charge >= 0.3 is 0 Å². The van der Waals surface area contributed by atoms with E-state index in [1.165, 1.54) is 25.1 Å². The second-order valence-electron chi connectivity index (χ2n) is 6.33. The number of nitrogens with zero attached hydrogens (tertiary/aromatic N) is 2. The summed E-state index contributed by atoms with van der Waals surface area (Å²) in [5, 5.41) is 10.2. The Balaban J connectivity index is 1.69. The summed E-state index contributed by atoms with van der Waals surface area (Å²) in [5.74, 6) is -0.210. The summed E-state index contributed by atoms with van der Waals surface area (Å²) in [5.41, 5.74) is 1.05. The fourth-order valence-electron chi connectivity index (χ4n) is 2.43. The zero-order valence-corrected chi connectivity index (χ0v) is 15.7. The zero-order chi connectivity index (χ0) is 20.1. The normalized spacial score (nSPS) is 11.9. The zero-order valence-electron chi connectivity index (χ0n) is 15.7. The SMILES string of the molecule is CC(C)Oc1ccc(-c2nonc2NC(=O)[C@@H](C)Oc2ccccc2F)cc1. The molecule has 8 heteroatoms. The van der Waals surface area contributed by atoms with Crippen LogP contribution in [-0.4, -0.2) is 28.4 Å². The van der Waals surface area contributed by atoms with Crippen LogP contribution in [0.4, 0.5) is 10.2 Å². The Kier molecular flexibility index (Phi) is 5.88. The minimum Gasteiger partial charge on any atom is -0.491 e. The molecule has 146 valence electrons. The number of para-hydroxylation sites is 1. The summed E-state index contributed by atoms with van der Waals surface area (Å²) in [6, 6.07) is 13.0. The summed E-state index contributed by atoms with van der Waals surface area (Å²) >= 11 is 0. The van der Waals surface area contributed by atoms with E-state index in [1.54, 1.807) is 30.3 Å². The van der Waals surface area contributed by atoms with E-state index in [0.29, 0.717) is 17.0 Å². The monoisotopic (exact) mass is 385 g/mol. The molecule has 0 aliphatic carbocycles. The van der Waals surface area contributed by atoms with Gasteiger partial charge in [-0.05, 0) is 67.5 Å². The van der Waals surface area contributed by atoms with E-state index >= 15 is 0 Å². The molecule has 0 saturated carbocycles. The van der Waals surface area contributed by atoms with Crippen LogP contribution in [0.2, 0.25) is 0 Å². The van der Waals surface area contributed by atoms with Crippen molar-refractivity contribution in [2.45, 2.75) is 33.0 Å². The summed E-state index contributed by atoms with van der Waals surface area (Å²) in [7, 11) is 0. The highest BCUT2D eigenvalue weighted by atomic mass is 19.1. The van der Waals surface area contributed by atoms with Crippen LogP contribution in [0.25, 0.3) is 11.3 Å². The van der Waals surface area contributed by atoms with Crippen molar-refractivity contribution in [2.75, 3.05) is 5.32 Å². The number of halogens is 1. The number of ether oxygens (including phenoxy) is 2. The molecule has 0 aliphatic heterocycles. The number of hydrogen-bond donors (Lipinski definition) is 1. The number of anilines is 1. The van der Waals surface area contributed by atoms with Crippen LogP contribution in [0, 0.1) is 5.82 Å². The van der Waals surface area contributed by atoms with E-state index < -0.39 is 17.8 Å². The van der Waals surface area contributed by atoms with E-state index in [9.17, 15) is 9.18 Å². The molecule has 1 N–H and O–H groups in total. The molecule has 0 unspecified atom stereocenters. The van der Waals surface area contributed by atoms with Gasteiger partial charge in [-0.1, -0.05) is 12.1 Å². The Morgan fingerprint density at radius 3 is 2.43 bits per heavy atom.